The number of hydrogen-bond acceptors (Lipinski definition) is 5. The monoisotopic (exact) mass is 342 g/mol. The van der Waals surface area contributed by atoms with Gasteiger partial charge in [-0.3, -0.25) is 20.3 Å². The van der Waals surface area contributed by atoms with Crippen LogP contribution in [0.15, 0.2) is 53.4 Å². The number of fused-ring (bicyclic) bond motifs is 1. The minimum Gasteiger partial charge on any atom is -0.350 e. The molecular formula is C16H14N4O3S. The average molecular weight is 342 g/mol. The minimum atomic E-state index is -0.426. The lowest BCUT2D eigenvalue weighted by Gasteiger charge is -2.04. The summed E-state index contributed by atoms with van der Waals surface area (Å²) >= 11 is 1.13. The largest absolute Gasteiger partial charge is 0.350 e. The average Bonchev–Trinajstić information content (AvgIpc) is 2.98. The number of amides is 1. The molecule has 0 saturated heterocycles. The number of nitrogen functional groups attached to an aromatic ring is 1. The maximum atomic E-state index is 12.1. The van der Waals surface area contributed by atoms with Crippen molar-refractivity contribution in [1.29, 1.82) is 0 Å². The van der Waals surface area contributed by atoms with Crippen molar-refractivity contribution >= 4 is 28.6 Å². The summed E-state index contributed by atoms with van der Waals surface area (Å²) in [5.74, 6) is 4.64. The van der Waals surface area contributed by atoms with Gasteiger partial charge in [0.05, 0.1) is 0 Å². The highest BCUT2D eigenvalue weighted by Crippen LogP contribution is 2.34. The van der Waals surface area contributed by atoms with Gasteiger partial charge in [-0.2, -0.15) is 0 Å². The highest BCUT2D eigenvalue weighted by atomic mass is 32.2. The first-order chi connectivity index (χ1) is 11.6. The van der Waals surface area contributed by atoms with E-state index in [0.29, 0.717) is 5.69 Å². The number of nitrogens with two attached hydrogens (primary N) is 1. The van der Waals surface area contributed by atoms with E-state index in [1.807, 2.05) is 36.4 Å². The number of thioether (sulfide) groups is 1. The number of benzene rings is 2. The molecule has 0 aliphatic rings. The van der Waals surface area contributed by atoms with E-state index in [4.69, 9.17) is 5.84 Å². The van der Waals surface area contributed by atoms with Crippen molar-refractivity contribution in [2.45, 2.75) is 4.90 Å². The molecule has 0 aliphatic carbocycles. The predicted octanol–water partition coefficient (Wildman–Crippen LogP) is 2.76. The van der Waals surface area contributed by atoms with Gasteiger partial charge in [-0.25, -0.2) is 5.84 Å². The Morgan fingerprint density at radius 1 is 1.25 bits per heavy atom. The number of nitro groups is 1. The second-order valence-corrected chi connectivity index (χ2v) is 6.05. The third kappa shape index (κ3) is 3.10. The molecule has 0 aliphatic heterocycles. The number of rotatable bonds is 5. The molecule has 7 nitrogen and oxygen atoms in total. The third-order valence-electron chi connectivity index (χ3n) is 3.53. The number of nitrogens with one attached hydrogen (secondary N) is 2. The molecule has 0 bridgehead atoms. The van der Waals surface area contributed by atoms with Gasteiger partial charge in [-0.1, -0.05) is 30.3 Å². The van der Waals surface area contributed by atoms with E-state index in [1.165, 1.54) is 0 Å². The topological polar surface area (TPSA) is 114 Å². The summed E-state index contributed by atoms with van der Waals surface area (Å²) in [4.78, 5) is 26.1. The molecule has 3 rings (SSSR count). The Morgan fingerprint density at radius 2 is 2.00 bits per heavy atom. The summed E-state index contributed by atoms with van der Waals surface area (Å²) in [5.41, 5.74) is 4.84. The van der Waals surface area contributed by atoms with Crippen molar-refractivity contribution in [3.63, 3.8) is 0 Å². The van der Waals surface area contributed by atoms with E-state index < -0.39 is 5.91 Å². The number of aromatic nitrogens is 1. The fraction of sp³-hybridized carbons (Fsp3) is 0.0625. The summed E-state index contributed by atoms with van der Waals surface area (Å²) in [7, 11) is 0. The Morgan fingerprint density at radius 3 is 2.67 bits per heavy atom. The Hall–Kier alpha value is -2.84. The molecule has 24 heavy (non-hydrogen) atoms. The molecule has 122 valence electrons. The molecule has 0 spiro atoms. The van der Waals surface area contributed by atoms with Gasteiger partial charge in [0.2, 0.25) is 0 Å². The standard InChI is InChI=1S/C16H14N4O3S/c17-19-16(21)15-14(10-4-2-1-3-5-10)12-8-11(24-9-20(22)23)6-7-13(12)18-15/h1-8,18H,9,17H2,(H,19,21). The van der Waals surface area contributed by atoms with E-state index in [-0.39, 0.29) is 10.8 Å². The molecule has 0 unspecified atom stereocenters. The second-order valence-electron chi connectivity index (χ2n) is 5.03. The van der Waals surface area contributed by atoms with Crippen LogP contribution in [0.1, 0.15) is 10.5 Å². The summed E-state index contributed by atoms with van der Waals surface area (Å²) < 4.78 is 0. The highest BCUT2D eigenvalue weighted by Gasteiger charge is 2.19. The summed E-state index contributed by atoms with van der Waals surface area (Å²) in [6.07, 6.45) is 0. The van der Waals surface area contributed by atoms with Crippen molar-refractivity contribution in [2.75, 3.05) is 5.88 Å². The lowest BCUT2D eigenvalue weighted by atomic mass is 10.0. The van der Waals surface area contributed by atoms with Crippen LogP contribution >= 0.6 is 11.8 Å². The number of carbonyl (C=O) groups is 1. The van der Waals surface area contributed by atoms with Gasteiger partial charge in [0.25, 0.3) is 11.8 Å². The van der Waals surface area contributed by atoms with E-state index in [0.717, 1.165) is 38.7 Å². The fourth-order valence-corrected chi connectivity index (χ4v) is 3.16. The SMILES string of the molecule is NNC(=O)c1[nH]c2ccc(SC[N+](=O)[O-])cc2c1-c1ccccc1. The van der Waals surface area contributed by atoms with Gasteiger partial charge in [-0.15, -0.1) is 0 Å². The van der Waals surface area contributed by atoms with Crippen molar-refractivity contribution in [3.05, 3.63) is 64.3 Å². The van der Waals surface area contributed by atoms with E-state index in [9.17, 15) is 14.9 Å². The van der Waals surface area contributed by atoms with Gasteiger partial charge in [0.15, 0.2) is 0 Å². The summed E-state index contributed by atoms with van der Waals surface area (Å²) in [6.45, 7) is 0. The van der Waals surface area contributed by atoms with Crippen LogP contribution < -0.4 is 11.3 Å². The highest BCUT2D eigenvalue weighted by molar-refractivity contribution is 7.99. The molecule has 1 amide bonds. The van der Waals surface area contributed by atoms with Crippen LogP contribution in [0.25, 0.3) is 22.0 Å². The van der Waals surface area contributed by atoms with Crippen LogP contribution in [-0.4, -0.2) is 21.7 Å². The smallest absolute Gasteiger partial charge is 0.282 e. The lowest BCUT2D eigenvalue weighted by Crippen LogP contribution is -2.30. The van der Waals surface area contributed by atoms with Crippen LogP contribution in [0.4, 0.5) is 0 Å². The van der Waals surface area contributed by atoms with Crippen LogP contribution in [0.3, 0.4) is 0 Å². The van der Waals surface area contributed by atoms with Crippen LogP contribution in [0, 0.1) is 10.1 Å². The number of aromatic amines is 1. The van der Waals surface area contributed by atoms with Crippen molar-refractivity contribution in [3.8, 4) is 11.1 Å². The van der Waals surface area contributed by atoms with Crippen molar-refractivity contribution < 1.29 is 9.72 Å². The summed E-state index contributed by atoms with van der Waals surface area (Å²) in [5, 5.41) is 11.4. The Bertz CT molecular complexity index is 908. The summed E-state index contributed by atoms with van der Waals surface area (Å²) in [6, 6.07) is 14.9. The lowest BCUT2D eigenvalue weighted by molar-refractivity contribution is -0.456. The minimum absolute atomic E-state index is 0.216. The van der Waals surface area contributed by atoms with Gasteiger partial charge >= 0.3 is 0 Å². The van der Waals surface area contributed by atoms with Crippen LogP contribution in [0.2, 0.25) is 0 Å². The van der Waals surface area contributed by atoms with Crippen molar-refractivity contribution in [2.24, 2.45) is 5.84 Å². The quantitative estimate of drug-likeness (QED) is 0.165. The zero-order valence-electron chi connectivity index (χ0n) is 12.5. The van der Waals surface area contributed by atoms with E-state index in [1.54, 1.807) is 12.1 Å². The second kappa shape index (κ2) is 6.73. The van der Waals surface area contributed by atoms with Gasteiger partial charge in [0.1, 0.15) is 5.69 Å². The van der Waals surface area contributed by atoms with Crippen molar-refractivity contribution in [1.82, 2.24) is 10.4 Å². The number of carbonyl (C=O) groups excluding carboxylic acids is 1. The van der Waals surface area contributed by atoms with Gasteiger partial charge < -0.3 is 4.98 Å². The fourth-order valence-electron chi connectivity index (χ4n) is 2.54. The molecule has 1 heterocycles. The first kappa shape index (κ1) is 16.0. The van der Waals surface area contributed by atoms with Gasteiger partial charge in [-0.05, 0) is 35.5 Å². The Labute approximate surface area is 141 Å². The molecule has 0 saturated carbocycles. The Kier molecular flexibility index (Phi) is 4.50. The molecule has 0 fully saturated rings. The third-order valence-corrected chi connectivity index (χ3v) is 4.45. The van der Waals surface area contributed by atoms with E-state index in [2.05, 4.69) is 10.4 Å². The molecule has 3 aromatic rings. The molecule has 0 radical (unpaired) electrons. The van der Waals surface area contributed by atoms with Gasteiger partial charge in [0, 0.05) is 26.3 Å². The van der Waals surface area contributed by atoms with E-state index >= 15 is 0 Å². The predicted molar refractivity (Wildman–Crippen MR) is 93.1 cm³/mol. The van der Waals surface area contributed by atoms with Crippen LogP contribution in [0.5, 0.6) is 0 Å². The first-order valence-electron chi connectivity index (χ1n) is 7.07. The first-order valence-corrected chi connectivity index (χ1v) is 8.05. The molecule has 1 aromatic heterocycles. The number of H-pyrrole nitrogens is 1. The number of hydrazine groups is 1. The molecule has 0 atom stereocenters. The molecule has 8 heteroatoms. The zero-order valence-corrected chi connectivity index (χ0v) is 13.3. The maximum absolute atomic E-state index is 12.1. The zero-order chi connectivity index (χ0) is 17.1. The number of nitrogens with zero attached hydrogens (tertiary/aromatic N) is 1. The molecule has 2 aromatic carbocycles. The number of hydrogen-bond donors (Lipinski definition) is 3. The van der Waals surface area contributed by atoms with Crippen LogP contribution in [-0.2, 0) is 0 Å². The molecule has 4 N–H and O–H groups in total. The normalized spacial score (nSPS) is 10.7. The Balaban J connectivity index is 2.17. The molecular weight excluding hydrogens is 328 g/mol. The maximum Gasteiger partial charge on any atom is 0.282 e.